The summed E-state index contributed by atoms with van der Waals surface area (Å²) in [4.78, 5) is 4.35. The Bertz CT molecular complexity index is 425. The molecule has 1 aliphatic heterocycles. The van der Waals surface area contributed by atoms with Gasteiger partial charge in [-0.15, -0.1) is 0 Å². The molecule has 0 saturated carbocycles. The lowest BCUT2D eigenvalue weighted by Gasteiger charge is -2.35. The Balaban J connectivity index is 1.68. The molecule has 1 saturated heterocycles. The highest BCUT2D eigenvalue weighted by atomic mass is 19.1. The van der Waals surface area contributed by atoms with Crippen molar-refractivity contribution >= 4 is 0 Å². The number of β-amino-alcohol motifs (C(OH)–C–C–N with tert-alkyl or cyclic N) is 2. The minimum Gasteiger partial charge on any atom is -0.488 e. The van der Waals surface area contributed by atoms with E-state index >= 15 is 0 Å². The van der Waals surface area contributed by atoms with Crippen LogP contribution in [0.2, 0.25) is 0 Å². The van der Waals surface area contributed by atoms with E-state index in [9.17, 15) is 9.50 Å². The molecule has 0 bridgehead atoms. The first-order valence-corrected chi connectivity index (χ1v) is 7.30. The molecule has 2 N–H and O–H groups in total. The fraction of sp³-hybridized carbons (Fsp3) is 0.600. The first kappa shape index (κ1) is 16.2. The topological polar surface area (TPSA) is 56.2 Å². The molecule has 1 aromatic carbocycles. The lowest BCUT2D eigenvalue weighted by atomic mass is 10.2. The van der Waals surface area contributed by atoms with Crippen molar-refractivity contribution in [2.45, 2.75) is 6.10 Å². The van der Waals surface area contributed by atoms with E-state index in [1.165, 1.54) is 6.07 Å². The molecule has 1 aromatic rings. The van der Waals surface area contributed by atoms with Gasteiger partial charge in [0, 0.05) is 39.3 Å². The molecule has 1 fully saturated rings. The van der Waals surface area contributed by atoms with E-state index in [4.69, 9.17) is 9.84 Å². The average molecular weight is 298 g/mol. The van der Waals surface area contributed by atoms with Gasteiger partial charge >= 0.3 is 0 Å². The van der Waals surface area contributed by atoms with Crippen LogP contribution in [0.1, 0.15) is 0 Å². The standard InChI is InChI=1S/C15H23FN2O3/c16-14-3-1-2-4-15(14)21-12-13(20)11-18-7-5-17(6-8-18)9-10-19/h1-4,13,19-20H,5-12H2. The van der Waals surface area contributed by atoms with E-state index in [0.29, 0.717) is 13.1 Å². The summed E-state index contributed by atoms with van der Waals surface area (Å²) < 4.78 is 18.7. The third-order valence-corrected chi connectivity index (χ3v) is 3.62. The number of halogens is 1. The van der Waals surface area contributed by atoms with Gasteiger partial charge in [0.1, 0.15) is 12.7 Å². The number of rotatable bonds is 7. The molecule has 2 rings (SSSR count). The summed E-state index contributed by atoms with van der Waals surface area (Å²) in [5.74, 6) is -0.244. The largest absolute Gasteiger partial charge is 0.488 e. The minimum atomic E-state index is -0.644. The average Bonchev–Trinajstić information content (AvgIpc) is 2.49. The Morgan fingerprint density at radius 1 is 1.14 bits per heavy atom. The Morgan fingerprint density at radius 3 is 2.48 bits per heavy atom. The van der Waals surface area contributed by atoms with Crippen molar-refractivity contribution in [3.63, 3.8) is 0 Å². The molecule has 1 unspecified atom stereocenters. The van der Waals surface area contributed by atoms with Crippen LogP contribution in [-0.4, -0.2) is 78.6 Å². The number of piperazine rings is 1. The van der Waals surface area contributed by atoms with Gasteiger partial charge in [0.05, 0.1) is 6.61 Å². The molecule has 0 spiro atoms. The van der Waals surface area contributed by atoms with Gasteiger partial charge in [-0.1, -0.05) is 12.1 Å². The second kappa shape index (κ2) is 8.29. The van der Waals surface area contributed by atoms with Gasteiger partial charge in [-0.05, 0) is 12.1 Å². The number of hydrogen-bond acceptors (Lipinski definition) is 5. The van der Waals surface area contributed by atoms with Crippen LogP contribution in [0, 0.1) is 5.82 Å². The van der Waals surface area contributed by atoms with Gasteiger partial charge in [-0.25, -0.2) is 4.39 Å². The van der Waals surface area contributed by atoms with Crippen molar-refractivity contribution in [1.82, 2.24) is 9.80 Å². The van der Waals surface area contributed by atoms with Crippen LogP contribution in [0.4, 0.5) is 4.39 Å². The molecule has 21 heavy (non-hydrogen) atoms. The van der Waals surface area contributed by atoms with Crippen molar-refractivity contribution < 1.29 is 19.3 Å². The quantitative estimate of drug-likeness (QED) is 0.752. The summed E-state index contributed by atoms with van der Waals surface area (Å²) in [7, 11) is 0. The zero-order valence-electron chi connectivity index (χ0n) is 12.1. The number of ether oxygens (including phenoxy) is 1. The van der Waals surface area contributed by atoms with E-state index in [0.717, 1.165) is 26.2 Å². The Hall–Kier alpha value is -1.21. The molecular formula is C15H23FN2O3. The molecule has 118 valence electrons. The predicted octanol–water partition coefficient (Wildman–Crippen LogP) is 0.175. The predicted molar refractivity (Wildman–Crippen MR) is 77.9 cm³/mol. The number of benzene rings is 1. The number of nitrogens with zero attached hydrogens (tertiary/aromatic N) is 2. The fourth-order valence-electron chi connectivity index (χ4n) is 2.44. The lowest BCUT2D eigenvalue weighted by molar-refractivity contribution is 0.0420. The summed E-state index contributed by atoms with van der Waals surface area (Å²) in [6, 6.07) is 6.19. The first-order chi connectivity index (χ1) is 10.2. The van der Waals surface area contributed by atoms with Crippen LogP contribution < -0.4 is 4.74 Å². The number of para-hydroxylation sites is 1. The maximum Gasteiger partial charge on any atom is 0.165 e. The molecule has 0 aliphatic carbocycles. The van der Waals surface area contributed by atoms with Gasteiger partial charge in [-0.3, -0.25) is 9.80 Å². The maximum absolute atomic E-state index is 13.4. The molecular weight excluding hydrogens is 275 g/mol. The van der Waals surface area contributed by atoms with Gasteiger partial charge < -0.3 is 14.9 Å². The zero-order valence-corrected chi connectivity index (χ0v) is 12.1. The van der Waals surface area contributed by atoms with E-state index in [2.05, 4.69) is 9.80 Å². The number of aliphatic hydroxyl groups is 2. The third-order valence-electron chi connectivity index (χ3n) is 3.62. The van der Waals surface area contributed by atoms with Crippen molar-refractivity contribution in [3.05, 3.63) is 30.1 Å². The maximum atomic E-state index is 13.4. The van der Waals surface area contributed by atoms with Crippen LogP contribution in [-0.2, 0) is 0 Å². The van der Waals surface area contributed by atoms with Crippen molar-refractivity contribution in [2.75, 3.05) is 52.5 Å². The smallest absolute Gasteiger partial charge is 0.165 e. The lowest BCUT2D eigenvalue weighted by Crippen LogP contribution is -2.49. The number of hydrogen-bond donors (Lipinski definition) is 2. The first-order valence-electron chi connectivity index (χ1n) is 7.30. The normalized spacial score (nSPS) is 18.6. The SMILES string of the molecule is OCCN1CCN(CC(O)COc2ccccc2F)CC1. The van der Waals surface area contributed by atoms with Crippen molar-refractivity contribution in [2.24, 2.45) is 0 Å². The van der Waals surface area contributed by atoms with E-state index in [1.807, 2.05) is 0 Å². The zero-order chi connectivity index (χ0) is 15.1. The van der Waals surface area contributed by atoms with Crippen LogP contribution in [0.3, 0.4) is 0 Å². The summed E-state index contributed by atoms with van der Waals surface area (Å²) in [5.41, 5.74) is 0. The van der Waals surface area contributed by atoms with E-state index in [-0.39, 0.29) is 19.0 Å². The van der Waals surface area contributed by atoms with Gasteiger partial charge in [-0.2, -0.15) is 0 Å². The highest BCUT2D eigenvalue weighted by Gasteiger charge is 2.19. The van der Waals surface area contributed by atoms with Crippen LogP contribution in [0.15, 0.2) is 24.3 Å². The minimum absolute atomic E-state index is 0.0811. The molecule has 1 heterocycles. The highest BCUT2D eigenvalue weighted by molar-refractivity contribution is 5.23. The Labute approximate surface area is 124 Å². The molecule has 1 atom stereocenters. The van der Waals surface area contributed by atoms with E-state index in [1.54, 1.807) is 18.2 Å². The number of aliphatic hydroxyl groups excluding tert-OH is 2. The van der Waals surface area contributed by atoms with Crippen LogP contribution in [0.5, 0.6) is 5.75 Å². The molecule has 5 nitrogen and oxygen atoms in total. The summed E-state index contributed by atoms with van der Waals surface area (Å²) >= 11 is 0. The monoisotopic (exact) mass is 298 g/mol. The van der Waals surface area contributed by atoms with Crippen molar-refractivity contribution in [3.8, 4) is 5.75 Å². The highest BCUT2D eigenvalue weighted by Crippen LogP contribution is 2.15. The molecule has 1 aliphatic rings. The van der Waals surface area contributed by atoms with Gasteiger partial charge in [0.25, 0.3) is 0 Å². The second-order valence-electron chi connectivity index (χ2n) is 5.26. The van der Waals surface area contributed by atoms with Gasteiger partial charge in [0.15, 0.2) is 11.6 Å². The molecule has 0 amide bonds. The summed E-state index contributed by atoms with van der Waals surface area (Å²) in [5, 5.41) is 18.9. The van der Waals surface area contributed by atoms with Gasteiger partial charge in [0.2, 0.25) is 0 Å². The fourth-order valence-corrected chi connectivity index (χ4v) is 2.44. The third kappa shape index (κ3) is 5.24. The Kier molecular flexibility index (Phi) is 6.38. The second-order valence-corrected chi connectivity index (χ2v) is 5.26. The summed E-state index contributed by atoms with van der Waals surface area (Å²) in [6.07, 6.45) is -0.644. The molecule has 6 heteroatoms. The van der Waals surface area contributed by atoms with Crippen LogP contribution >= 0.6 is 0 Å². The van der Waals surface area contributed by atoms with Crippen LogP contribution in [0.25, 0.3) is 0 Å². The molecule has 0 radical (unpaired) electrons. The Morgan fingerprint density at radius 2 is 1.81 bits per heavy atom. The van der Waals surface area contributed by atoms with E-state index < -0.39 is 11.9 Å². The van der Waals surface area contributed by atoms with Crippen molar-refractivity contribution in [1.29, 1.82) is 0 Å². The summed E-state index contributed by atoms with van der Waals surface area (Å²) in [6.45, 7) is 4.97. The molecule has 0 aromatic heterocycles.